The third-order valence-corrected chi connectivity index (χ3v) is 5.70. The number of carbonyl (C=O) groups excluding carboxylic acids is 1. The van der Waals surface area contributed by atoms with Crippen LogP contribution in [0.15, 0.2) is 42.5 Å². The van der Waals surface area contributed by atoms with Gasteiger partial charge in [0, 0.05) is 23.8 Å². The van der Waals surface area contributed by atoms with E-state index >= 15 is 0 Å². The molecule has 2 aromatic carbocycles. The normalized spacial score (nSPS) is 16.1. The predicted octanol–water partition coefficient (Wildman–Crippen LogP) is 3.97. The number of rotatable bonds is 3. The van der Waals surface area contributed by atoms with E-state index in [-0.39, 0.29) is 11.7 Å². The molecule has 0 radical (unpaired) electrons. The van der Waals surface area contributed by atoms with Crippen molar-refractivity contribution in [2.75, 3.05) is 17.2 Å². The number of nitrogen functional groups attached to an aromatic ring is 1. The SMILES string of the molecule is Nc1cccc2c1CCCN2C(=O)c1nc(C2CC2)n(-c2ccccc2Cl)n1. The van der Waals surface area contributed by atoms with E-state index in [2.05, 4.69) is 10.1 Å². The van der Waals surface area contributed by atoms with Crippen LogP contribution in [0.25, 0.3) is 5.69 Å². The minimum absolute atomic E-state index is 0.195. The van der Waals surface area contributed by atoms with Crippen LogP contribution >= 0.6 is 11.6 Å². The number of nitrogens with zero attached hydrogens (tertiary/aromatic N) is 4. The van der Waals surface area contributed by atoms with Crippen LogP contribution in [0.1, 0.15) is 47.2 Å². The maximum Gasteiger partial charge on any atom is 0.297 e. The summed E-state index contributed by atoms with van der Waals surface area (Å²) in [4.78, 5) is 19.7. The van der Waals surface area contributed by atoms with Gasteiger partial charge >= 0.3 is 0 Å². The van der Waals surface area contributed by atoms with Crippen LogP contribution in [-0.4, -0.2) is 27.2 Å². The lowest BCUT2D eigenvalue weighted by molar-refractivity contribution is 0.0975. The van der Waals surface area contributed by atoms with E-state index in [4.69, 9.17) is 17.3 Å². The van der Waals surface area contributed by atoms with Crippen molar-refractivity contribution < 1.29 is 4.79 Å². The molecule has 2 heterocycles. The van der Waals surface area contributed by atoms with Gasteiger partial charge in [-0.1, -0.05) is 29.8 Å². The fourth-order valence-electron chi connectivity index (χ4n) is 3.80. The van der Waals surface area contributed by atoms with E-state index in [1.165, 1.54) is 0 Å². The Labute approximate surface area is 167 Å². The summed E-state index contributed by atoms with van der Waals surface area (Å²) in [5, 5.41) is 5.16. The molecule has 28 heavy (non-hydrogen) atoms. The molecule has 0 atom stereocenters. The van der Waals surface area contributed by atoms with E-state index < -0.39 is 0 Å². The Morgan fingerprint density at radius 2 is 1.89 bits per heavy atom. The van der Waals surface area contributed by atoms with Gasteiger partial charge in [0.25, 0.3) is 5.91 Å². The standard InChI is InChI=1S/C21H20ClN5O/c22-15-6-1-2-8-18(15)27-20(13-10-11-13)24-19(25-27)21(28)26-12-4-5-14-16(23)7-3-9-17(14)26/h1-3,6-9,13H,4-5,10-12,23H2. The fourth-order valence-corrected chi connectivity index (χ4v) is 4.02. The number of carbonyl (C=O) groups is 1. The molecule has 7 heteroatoms. The fraction of sp³-hybridized carbons (Fsp3) is 0.286. The van der Waals surface area contributed by atoms with Gasteiger partial charge in [-0.2, -0.15) is 0 Å². The zero-order chi connectivity index (χ0) is 19.3. The molecule has 5 rings (SSSR count). The van der Waals surface area contributed by atoms with Crippen molar-refractivity contribution in [1.29, 1.82) is 0 Å². The summed E-state index contributed by atoms with van der Waals surface area (Å²) in [6.45, 7) is 0.634. The Bertz CT molecular complexity index is 1070. The van der Waals surface area contributed by atoms with Crippen LogP contribution in [0, 0.1) is 0 Å². The van der Waals surface area contributed by atoms with Gasteiger partial charge in [-0.3, -0.25) is 4.79 Å². The highest BCUT2D eigenvalue weighted by Gasteiger charge is 2.34. The number of hydrogen-bond donors (Lipinski definition) is 1. The van der Waals surface area contributed by atoms with Gasteiger partial charge in [-0.05, 0) is 55.5 Å². The molecule has 0 bridgehead atoms. The maximum absolute atomic E-state index is 13.3. The van der Waals surface area contributed by atoms with Crippen molar-refractivity contribution in [2.24, 2.45) is 0 Å². The number of amides is 1. The van der Waals surface area contributed by atoms with E-state index in [0.29, 0.717) is 17.5 Å². The van der Waals surface area contributed by atoms with Crippen molar-refractivity contribution in [3.05, 3.63) is 64.7 Å². The first-order valence-electron chi connectivity index (χ1n) is 9.54. The molecule has 1 aliphatic heterocycles. The molecule has 1 fully saturated rings. The highest BCUT2D eigenvalue weighted by Crippen LogP contribution is 2.40. The van der Waals surface area contributed by atoms with Crippen molar-refractivity contribution in [2.45, 2.75) is 31.6 Å². The van der Waals surface area contributed by atoms with Crippen LogP contribution in [0.4, 0.5) is 11.4 Å². The molecule has 1 aliphatic carbocycles. The third kappa shape index (κ3) is 2.85. The highest BCUT2D eigenvalue weighted by atomic mass is 35.5. The first-order valence-corrected chi connectivity index (χ1v) is 9.92. The van der Waals surface area contributed by atoms with Crippen LogP contribution < -0.4 is 10.6 Å². The zero-order valence-electron chi connectivity index (χ0n) is 15.3. The molecule has 1 aromatic heterocycles. The third-order valence-electron chi connectivity index (χ3n) is 5.38. The molecule has 3 aromatic rings. The topological polar surface area (TPSA) is 77.0 Å². The summed E-state index contributed by atoms with van der Waals surface area (Å²) >= 11 is 6.38. The number of benzene rings is 2. The molecule has 0 spiro atoms. The second-order valence-corrected chi connectivity index (χ2v) is 7.74. The summed E-state index contributed by atoms with van der Waals surface area (Å²) in [5.74, 6) is 1.15. The molecule has 1 saturated carbocycles. The molecule has 6 nitrogen and oxygen atoms in total. The average Bonchev–Trinajstić information content (AvgIpc) is 3.46. The smallest absolute Gasteiger partial charge is 0.297 e. The second-order valence-electron chi connectivity index (χ2n) is 7.34. The Hall–Kier alpha value is -2.86. The van der Waals surface area contributed by atoms with Crippen molar-refractivity contribution in [3.8, 4) is 5.69 Å². The van der Waals surface area contributed by atoms with Crippen molar-refractivity contribution in [3.63, 3.8) is 0 Å². The summed E-state index contributed by atoms with van der Waals surface area (Å²) < 4.78 is 1.73. The summed E-state index contributed by atoms with van der Waals surface area (Å²) in [7, 11) is 0. The molecule has 0 unspecified atom stereocenters. The minimum atomic E-state index is -0.195. The van der Waals surface area contributed by atoms with Crippen LogP contribution in [0.3, 0.4) is 0 Å². The Morgan fingerprint density at radius 3 is 2.68 bits per heavy atom. The highest BCUT2D eigenvalue weighted by molar-refractivity contribution is 6.32. The van der Waals surface area contributed by atoms with Crippen molar-refractivity contribution >= 4 is 28.9 Å². The van der Waals surface area contributed by atoms with E-state index in [1.54, 1.807) is 9.58 Å². The summed E-state index contributed by atoms with van der Waals surface area (Å²) in [6.07, 6.45) is 3.86. The van der Waals surface area contributed by atoms with Gasteiger partial charge in [0.1, 0.15) is 5.82 Å². The van der Waals surface area contributed by atoms with E-state index in [0.717, 1.165) is 54.1 Å². The minimum Gasteiger partial charge on any atom is -0.398 e. The number of fused-ring (bicyclic) bond motifs is 1. The lowest BCUT2D eigenvalue weighted by Gasteiger charge is -2.29. The van der Waals surface area contributed by atoms with Gasteiger partial charge in [0.2, 0.25) is 5.82 Å². The Balaban J connectivity index is 1.56. The Morgan fingerprint density at radius 1 is 1.11 bits per heavy atom. The first-order chi connectivity index (χ1) is 13.6. The monoisotopic (exact) mass is 393 g/mol. The molecule has 2 aliphatic rings. The van der Waals surface area contributed by atoms with Crippen LogP contribution in [-0.2, 0) is 6.42 Å². The van der Waals surface area contributed by atoms with Gasteiger partial charge in [-0.15, -0.1) is 5.10 Å². The Kier molecular flexibility index (Phi) is 4.09. The maximum atomic E-state index is 13.3. The quantitative estimate of drug-likeness (QED) is 0.683. The van der Waals surface area contributed by atoms with Gasteiger partial charge in [0.05, 0.1) is 10.7 Å². The lowest BCUT2D eigenvalue weighted by Crippen LogP contribution is -2.36. The number of nitrogens with two attached hydrogens (primary N) is 1. The molecule has 1 amide bonds. The molecular weight excluding hydrogens is 374 g/mol. The van der Waals surface area contributed by atoms with Gasteiger partial charge in [-0.25, -0.2) is 9.67 Å². The number of para-hydroxylation sites is 1. The number of aromatic nitrogens is 3. The second kappa shape index (κ2) is 6.63. The van der Waals surface area contributed by atoms with Crippen LogP contribution in [0.2, 0.25) is 5.02 Å². The van der Waals surface area contributed by atoms with Gasteiger partial charge < -0.3 is 10.6 Å². The zero-order valence-corrected chi connectivity index (χ0v) is 16.1. The van der Waals surface area contributed by atoms with Crippen molar-refractivity contribution in [1.82, 2.24) is 14.8 Å². The largest absolute Gasteiger partial charge is 0.398 e. The van der Waals surface area contributed by atoms with Crippen LogP contribution in [0.5, 0.6) is 0 Å². The van der Waals surface area contributed by atoms with E-state index in [1.807, 2.05) is 42.5 Å². The molecule has 2 N–H and O–H groups in total. The number of anilines is 2. The lowest BCUT2D eigenvalue weighted by atomic mass is 10.00. The number of halogens is 1. The summed E-state index contributed by atoms with van der Waals surface area (Å²) in [6, 6.07) is 13.2. The summed E-state index contributed by atoms with van der Waals surface area (Å²) in [5.41, 5.74) is 9.48. The molecule has 142 valence electrons. The van der Waals surface area contributed by atoms with Gasteiger partial charge in [0.15, 0.2) is 0 Å². The number of hydrogen-bond acceptors (Lipinski definition) is 4. The first kappa shape index (κ1) is 17.3. The predicted molar refractivity (Wildman–Crippen MR) is 109 cm³/mol. The molecule has 0 saturated heterocycles. The average molecular weight is 394 g/mol. The van der Waals surface area contributed by atoms with E-state index in [9.17, 15) is 4.79 Å². The molecular formula is C21H20ClN5O.